The van der Waals surface area contributed by atoms with Crippen LogP contribution in [-0.2, 0) is 6.54 Å². The fourth-order valence-corrected chi connectivity index (χ4v) is 2.13. The van der Waals surface area contributed by atoms with E-state index in [4.69, 9.17) is 0 Å². The second-order valence-corrected chi connectivity index (χ2v) is 5.55. The number of hydrogen-bond acceptors (Lipinski definition) is 3. The van der Waals surface area contributed by atoms with Crippen LogP contribution in [0.15, 0.2) is 18.3 Å². The summed E-state index contributed by atoms with van der Waals surface area (Å²) in [5, 5.41) is 3.23. The summed E-state index contributed by atoms with van der Waals surface area (Å²) < 4.78 is 0. The van der Waals surface area contributed by atoms with Crippen LogP contribution in [0.5, 0.6) is 0 Å². The molecule has 1 N–H and O–H groups in total. The first kappa shape index (κ1) is 13.3. The SMILES string of the molecule is CCNc1ccc(CN(CC2CC2)C(C)C)cn1. The lowest BCUT2D eigenvalue weighted by Gasteiger charge is -2.26. The molecular weight excluding hydrogens is 222 g/mol. The quantitative estimate of drug-likeness (QED) is 0.802. The third-order valence-electron chi connectivity index (χ3n) is 3.49. The van der Waals surface area contributed by atoms with Crippen molar-refractivity contribution >= 4 is 5.82 Å². The molecule has 2 rings (SSSR count). The monoisotopic (exact) mass is 247 g/mol. The van der Waals surface area contributed by atoms with Crippen molar-refractivity contribution in [3.8, 4) is 0 Å². The van der Waals surface area contributed by atoms with Crippen LogP contribution in [0.1, 0.15) is 39.2 Å². The zero-order valence-electron chi connectivity index (χ0n) is 11.8. The summed E-state index contributed by atoms with van der Waals surface area (Å²) in [6.07, 6.45) is 4.84. The molecule has 1 aliphatic rings. The number of nitrogens with one attached hydrogen (secondary N) is 1. The van der Waals surface area contributed by atoms with Crippen molar-refractivity contribution in [1.29, 1.82) is 0 Å². The highest BCUT2D eigenvalue weighted by molar-refractivity contribution is 5.35. The first-order chi connectivity index (χ1) is 8.69. The molecule has 0 atom stereocenters. The van der Waals surface area contributed by atoms with Gasteiger partial charge in [0.05, 0.1) is 0 Å². The molecule has 0 aliphatic heterocycles. The molecule has 1 fully saturated rings. The Kier molecular flexibility index (Phi) is 4.59. The number of pyridine rings is 1. The number of hydrogen-bond donors (Lipinski definition) is 1. The second kappa shape index (κ2) is 6.19. The highest BCUT2D eigenvalue weighted by atomic mass is 15.1. The maximum atomic E-state index is 4.44. The van der Waals surface area contributed by atoms with Crippen molar-refractivity contribution in [1.82, 2.24) is 9.88 Å². The smallest absolute Gasteiger partial charge is 0.125 e. The minimum absolute atomic E-state index is 0.610. The van der Waals surface area contributed by atoms with Crippen LogP contribution in [0.25, 0.3) is 0 Å². The molecule has 0 radical (unpaired) electrons. The average Bonchev–Trinajstić information content (AvgIpc) is 3.15. The third-order valence-corrected chi connectivity index (χ3v) is 3.49. The predicted molar refractivity (Wildman–Crippen MR) is 76.7 cm³/mol. The molecule has 1 aromatic heterocycles. The summed E-state index contributed by atoms with van der Waals surface area (Å²) in [4.78, 5) is 6.99. The summed E-state index contributed by atoms with van der Waals surface area (Å²) in [6.45, 7) is 9.84. The number of aromatic nitrogens is 1. The molecule has 1 aliphatic carbocycles. The van der Waals surface area contributed by atoms with E-state index < -0.39 is 0 Å². The predicted octanol–water partition coefficient (Wildman–Crippen LogP) is 3.13. The minimum Gasteiger partial charge on any atom is -0.370 e. The Morgan fingerprint density at radius 2 is 2.17 bits per heavy atom. The Bertz CT molecular complexity index is 355. The first-order valence-corrected chi connectivity index (χ1v) is 7.12. The van der Waals surface area contributed by atoms with Crippen LogP contribution >= 0.6 is 0 Å². The van der Waals surface area contributed by atoms with Gasteiger partial charge in [0.15, 0.2) is 0 Å². The van der Waals surface area contributed by atoms with E-state index in [1.54, 1.807) is 0 Å². The zero-order valence-corrected chi connectivity index (χ0v) is 11.8. The van der Waals surface area contributed by atoms with Gasteiger partial charge in [-0.25, -0.2) is 4.98 Å². The van der Waals surface area contributed by atoms with E-state index >= 15 is 0 Å². The van der Waals surface area contributed by atoms with Crippen molar-refractivity contribution in [3.05, 3.63) is 23.9 Å². The molecule has 1 heterocycles. The fraction of sp³-hybridized carbons (Fsp3) is 0.667. The lowest BCUT2D eigenvalue weighted by atomic mass is 10.2. The Hall–Kier alpha value is -1.09. The summed E-state index contributed by atoms with van der Waals surface area (Å²) >= 11 is 0. The average molecular weight is 247 g/mol. The Morgan fingerprint density at radius 3 is 2.67 bits per heavy atom. The maximum Gasteiger partial charge on any atom is 0.125 e. The first-order valence-electron chi connectivity index (χ1n) is 7.12. The van der Waals surface area contributed by atoms with Gasteiger partial charge in [0.2, 0.25) is 0 Å². The molecular formula is C15H25N3. The molecule has 1 aromatic rings. The van der Waals surface area contributed by atoms with Crippen molar-refractivity contribution in [2.24, 2.45) is 5.92 Å². The van der Waals surface area contributed by atoms with Gasteiger partial charge in [-0.2, -0.15) is 0 Å². The molecule has 100 valence electrons. The largest absolute Gasteiger partial charge is 0.370 e. The van der Waals surface area contributed by atoms with Gasteiger partial charge >= 0.3 is 0 Å². The molecule has 18 heavy (non-hydrogen) atoms. The highest BCUT2D eigenvalue weighted by Gasteiger charge is 2.25. The topological polar surface area (TPSA) is 28.2 Å². The summed E-state index contributed by atoms with van der Waals surface area (Å²) in [7, 11) is 0. The highest BCUT2D eigenvalue weighted by Crippen LogP contribution is 2.30. The van der Waals surface area contributed by atoms with Crippen molar-refractivity contribution in [2.45, 2.75) is 46.2 Å². The molecule has 0 bridgehead atoms. The van der Waals surface area contributed by atoms with Crippen molar-refractivity contribution in [2.75, 3.05) is 18.4 Å². The van der Waals surface area contributed by atoms with Gasteiger partial charge in [-0.1, -0.05) is 6.07 Å². The molecule has 3 heteroatoms. The number of nitrogens with zero attached hydrogens (tertiary/aromatic N) is 2. The van der Waals surface area contributed by atoms with E-state index in [0.29, 0.717) is 6.04 Å². The van der Waals surface area contributed by atoms with Gasteiger partial charge < -0.3 is 5.32 Å². The minimum atomic E-state index is 0.610. The Balaban J connectivity index is 1.92. The standard InChI is InChI=1S/C15H25N3/c1-4-16-15-8-7-14(9-17-15)11-18(12(2)3)10-13-5-6-13/h7-9,12-13H,4-6,10-11H2,1-3H3,(H,16,17). The van der Waals surface area contributed by atoms with Crippen LogP contribution in [0, 0.1) is 5.92 Å². The maximum absolute atomic E-state index is 4.44. The normalized spacial score (nSPS) is 15.4. The van der Waals surface area contributed by atoms with Crippen molar-refractivity contribution < 1.29 is 0 Å². The molecule has 0 amide bonds. The van der Waals surface area contributed by atoms with Gasteiger partial charge in [-0.15, -0.1) is 0 Å². The Labute approximate surface area is 111 Å². The van der Waals surface area contributed by atoms with Gasteiger partial charge in [0, 0.05) is 31.9 Å². The molecule has 1 saturated carbocycles. The molecule has 0 unspecified atom stereocenters. The van der Waals surface area contributed by atoms with Crippen LogP contribution in [0.3, 0.4) is 0 Å². The summed E-state index contributed by atoms with van der Waals surface area (Å²) in [5.74, 6) is 1.92. The molecule has 0 saturated heterocycles. The van der Waals surface area contributed by atoms with Gasteiger partial charge in [-0.05, 0) is 51.2 Å². The Morgan fingerprint density at radius 1 is 1.39 bits per heavy atom. The zero-order chi connectivity index (χ0) is 13.0. The number of rotatable bonds is 7. The van der Waals surface area contributed by atoms with Crippen LogP contribution in [0.4, 0.5) is 5.82 Å². The second-order valence-electron chi connectivity index (χ2n) is 5.55. The van der Waals surface area contributed by atoms with Crippen LogP contribution in [-0.4, -0.2) is 29.0 Å². The lowest BCUT2D eigenvalue weighted by Crippen LogP contribution is -2.32. The summed E-state index contributed by atoms with van der Waals surface area (Å²) in [6, 6.07) is 4.88. The molecule has 3 nitrogen and oxygen atoms in total. The number of anilines is 1. The molecule has 0 aromatic carbocycles. The van der Waals surface area contributed by atoms with E-state index in [9.17, 15) is 0 Å². The van der Waals surface area contributed by atoms with Gasteiger partial charge in [0.25, 0.3) is 0 Å². The van der Waals surface area contributed by atoms with E-state index in [1.165, 1.54) is 24.9 Å². The van der Waals surface area contributed by atoms with E-state index in [1.807, 2.05) is 6.20 Å². The van der Waals surface area contributed by atoms with E-state index in [2.05, 4.69) is 48.1 Å². The third kappa shape index (κ3) is 3.98. The van der Waals surface area contributed by atoms with E-state index in [-0.39, 0.29) is 0 Å². The van der Waals surface area contributed by atoms with Gasteiger partial charge in [-0.3, -0.25) is 4.90 Å². The van der Waals surface area contributed by atoms with Crippen LogP contribution in [0.2, 0.25) is 0 Å². The van der Waals surface area contributed by atoms with Crippen LogP contribution < -0.4 is 5.32 Å². The van der Waals surface area contributed by atoms with Crippen molar-refractivity contribution in [3.63, 3.8) is 0 Å². The fourth-order valence-electron chi connectivity index (χ4n) is 2.13. The summed E-state index contributed by atoms with van der Waals surface area (Å²) in [5.41, 5.74) is 1.31. The van der Waals surface area contributed by atoms with E-state index in [0.717, 1.165) is 24.8 Å². The van der Waals surface area contributed by atoms with Gasteiger partial charge in [0.1, 0.15) is 5.82 Å². The lowest BCUT2D eigenvalue weighted by molar-refractivity contribution is 0.203. The molecule has 0 spiro atoms.